The van der Waals surface area contributed by atoms with E-state index in [0.717, 1.165) is 11.3 Å². The zero-order valence-corrected chi connectivity index (χ0v) is 11.3. The van der Waals surface area contributed by atoms with Crippen molar-refractivity contribution in [2.24, 2.45) is 0 Å². The summed E-state index contributed by atoms with van der Waals surface area (Å²) in [6.07, 6.45) is 1.20. The lowest BCUT2D eigenvalue weighted by molar-refractivity contribution is -0.384. The molecule has 2 rings (SSSR count). The number of nitrogens with zero attached hydrogens (tertiary/aromatic N) is 3. The summed E-state index contributed by atoms with van der Waals surface area (Å²) < 4.78 is 0. The van der Waals surface area contributed by atoms with E-state index in [2.05, 4.69) is 20.6 Å². The molecule has 0 saturated heterocycles. The molecule has 0 aliphatic carbocycles. The van der Waals surface area contributed by atoms with E-state index >= 15 is 0 Å². The molecule has 7 nitrogen and oxygen atoms in total. The molecule has 0 amide bonds. The number of benzene rings is 1. The number of nitro groups is 1. The summed E-state index contributed by atoms with van der Waals surface area (Å²) in [5.41, 5.74) is 1.69. The summed E-state index contributed by atoms with van der Waals surface area (Å²) in [5, 5.41) is 16.9. The van der Waals surface area contributed by atoms with Gasteiger partial charge in [-0.3, -0.25) is 10.1 Å². The third-order valence-corrected chi connectivity index (χ3v) is 2.62. The van der Waals surface area contributed by atoms with E-state index in [1.165, 1.54) is 6.20 Å². The van der Waals surface area contributed by atoms with Crippen LogP contribution in [0.1, 0.15) is 12.5 Å². The standard InChI is InChI=1S/C13H15N5O2/c1-3-14-13-15-8-11(18(19)20)12(17-13)16-10-6-4-9(2)5-7-10/h4-8H,3H2,1-2H3,(H2,14,15,16,17). The fourth-order valence-electron chi connectivity index (χ4n) is 1.62. The summed E-state index contributed by atoms with van der Waals surface area (Å²) >= 11 is 0. The van der Waals surface area contributed by atoms with Gasteiger partial charge in [0.1, 0.15) is 6.20 Å². The third kappa shape index (κ3) is 3.19. The van der Waals surface area contributed by atoms with Crippen LogP contribution < -0.4 is 10.6 Å². The molecular formula is C13H15N5O2. The van der Waals surface area contributed by atoms with Crippen molar-refractivity contribution >= 4 is 23.1 Å². The summed E-state index contributed by atoms with van der Waals surface area (Å²) in [7, 11) is 0. The Morgan fingerprint density at radius 2 is 2.00 bits per heavy atom. The van der Waals surface area contributed by atoms with Crippen LogP contribution in [0.25, 0.3) is 0 Å². The van der Waals surface area contributed by atoms with Crippen molar-refractivity contribution in [2.75, 3.05) is 17.2 Å². The number of aryl methyl sites for hydroxylation is 1. The first-order chi connectivity index (χ1) is 9.60. The van der Waals surface area contributed by atoms with Crippen LogP contribution in [-0.4, -0.2) is 21.4 Å². The summed E-state index contributed by atoms with van der Waals surface area (Å²) in [6.45, 7) is 4.51. The van der Waals surface area contributed by atoms with Crippen LogP contribution >= 0.6 is 0 Å². The van der Waals surface area contributed by atoms with Crippen LogP contribution in [-0.2, 0) is 0 Å². The van der Waals surface area contributed by atoms with Crippen molar-refractivity contribution in [3.05, 3.63) is 46.1 Å². The zero-order valence-electron chi connectivity index (χ0n) is 11.3. The molecule has 0 aliphatic heterocycles. The molecule has 1 aromatic carbocycles. The zero-order chi connectivity index (χ0) is 14.5. The van der Waals surface area contributed by atoms with E-state index in [1.807, 2.05) is 38.1 Å². The first kappa shape index (κ1) is 13.7. The number of aromatic nitrogens is 2. The highest BCUT2D eigenvalue weighted by molar-refractivity contribution is 5.66. The lowest BCUT2D eigenvalue weighted by Crippen LogP contribution is -2.06. The Hall–Kier alpha value is -2.70. The molecule has 0 saturated carbocycles. The van der Waals surface area contributed by atoms with Gasteiger partial charge in [-0.1, -0.05) is 17.7 Å². The molecule has 7 heteroatoms. The smallest absolute Gasteiger partial charge is 0.329 e. The van der Waals surface area contributed by atoms with Gasteiger partial charge in [-0.25, -0.2) is 4.98 Å². The summed E-state index contributed by atoms with van der Waals surface area (Å²) in [4.78, 5) is 18.5. The third-order valence-electron chi connectivity index (χ3n) is 2.62. The number of hydrogen-bond donors (Lipinski definition) is 2. The minimum atomic E-state index is -0.508. The van der Waals surface area contributed by atoms with Gasteiger partial charge in [0.25, 0.3) is 0 Å². The average molecular weight is 273 g/mol. The maximum Gasteiger partial charge on any atom is 0.329 e. The van der Waals surface area contributed by atoms with E-state index in [-0.39, 0.29) is 11.5 Å². The first-order valence-electron chi connectivity index (χ1n) is 6.19. The molecule has 0 radical (unpaired) electrons. The largest absolute Gasteiger partial charge is 0.354 e. The maximum absolute atomic E-state index is 11.0. The van der Waals surface area contributed by atoms with Gasteiger partial charge in [0, 0.05) is 12.2 Å². The Bertz CT molecular complexity index is 613. The van der Waals surface area contributed by atoms with Crippen molar-refractivity contribution in [2.45, 2.75) is 13.8 Å². The highest BCUT2D eigenvalue weighted by Crippen LogP contribution is 2.25. The molecular weight excluding hydrogens is 258 g/mol. The van der Waals surface area contributed by atoms with Gasteiger partial charge in [-0.05, 0) is 26.0 Å². The quantitative estimate of drug-likeness (QED) is 0.642. The second kappa shape index (κ2) is 5.96. The Morgan fingerprint density at radius 3 is 2.60 bits per heavy atom. The minimum absolute atomic E-state index is 0.160. The minimum Gasteiger partial charge on any atom is -0.354 e. The van der Waals surface area contributed by atoms with Crippen LogP contribution in [0.5, 0.6) is 0 Å². The highest BCUT2D eigenvalue weighted by Gasteiger charge is 2.17. The van der Waals surface area contributed by atoms with Crippen molar-refractivity contribution in [3.8, 4) is 0 Å². The molecule has 2 aromatic rings. The van der Waals surface area contributed by atoms with Gasteiger partial charge >= 0.3 is 5.69 Å². The molecule has 20 heavy (non-hydrogen) atoms. The molecule has 0 bridgehead atoms. The van der Waals surface area contributed by atoms with Gasteiger partial charge in [-0.2, -0.15) is 4.98 Å². The van der Waals surface area contributed by atoms with Crippen molar-refractivity contribution < 1.29 is 4.92 Å². The molecule has 1 aromatic heterocycles. The molecule has 1 heterocycles. The lowest BCUT2D eigenvalue weighted by atomic mass is 10.2. The second-order valence-electron chi connectivity index (χ2n) is 4.21. The predicted octanol–water partition coefficient (Wildman–Crippen LogP) is 2.87. The van der Waals surface area contributed by atoms with Crippen LogP contribution in [0, 0.1) is 17.0 Å². The number of anilines is 3. The molecule has 0 unspecified atom stereocenters. The normalized spacial score (nSPS) is 10.1. The van der Waals surface area contributed by atoms with E-state index < -0.39 is 4.92 Å². The van der Waals surface area contributed by atoms with E-state index in [4.69, 9.17) is 0 Å². The van der Waals surface area contributed by atoms with Crippen LogP contribution in [0.2, 0.25) is 0 Å². The Labute approximate surface area is 116 Å². The summed E-state index contributed by atoms with van der Waals surface area (Å²) in [6, 6.07) is 7.52. The molecule has 2 N–H and O–H groups in total. The Balaban J connectivity index is 2.34. The van der Waals surface area contributed by atoms with Gasteiger partial charge in [0.05, 0.1) is 4.92 Å². The molecule has 0 atom stereocenters. The van der Waals surface area contributed by atoms with Crippen molar-refractivity contribution in [1.29, 1.82) is 0 Å². The summed E-state index contributed by atoms with van der Waals surface area (Å²) in [5.74, 6) is 0.525. The average Bonchev–Trinajstić information content (AvgIpc) is 2.42. The van der Waals surface area contributed by atoms with E-state index in [1.54, 1.807) is 0 Å². The van der Waals surface area contributed by atoms with Crippen molar-refractivity contribution in [3.63, 3.8) is 0 Å². The predicted molar refractivity (Wildman–Crippen MR) is 77.3 cm³/mol. The monoisotopic (exact) mass is 273 g/mol. The fourth-order valence-corrected chi connectivity index (χ4v) is 1.62. The van der Waals surface area contributed by atoms with Crippen molar-refractivity contribution in [1.82, 2.24) is 9.97 Å². The first-order valence-corrected chi connectivity index (χ1v) is 6.19. The molecule has 104 valence electrons. The fraction of sp³-hybridized carbons (Fsp3) is 0.231. The molecule has 0 aliphatic rings. The molecule has 0 spiro atoms. The number of hydrogen-bond acceptors (Lipinski definition) is 6. The number of nitrogens with one attached hydrogen (secondary N) is 2. The van der Waals surface area contributed by atoms with Crippen LogP contribution in [0.15, 0.2) is 30.5 Å². The topological polar surface area (TPSA) is 93.0 Å². The van der Waals surface area contributed by atoms with E-state index in [9.17, 15) is 10.1 Å². The number of rotatable bonds is 5. The lowest BCUT2D eigenvalue weighted by Gasteiger charge is -2.08. The van der Waals surface area contributed by atoms with E-state index in [0.29, 0.717) is 12.5 Å². The van der Waals surface area contributed by atoms with Gasteiger partial charge in [-0.15, -0.1) is 0 Å². The SMILES string of the molecule is CCNc1ncc([N+](=O)[O-])c(Nc2ccc(C)cc2)n1. The van der Waals surface area contributed by atoms with Gasteiger partial charge in [0.15, 0.2) is 0 Å². The Kier molecular flexibility index (Phi) is 4.09. The highest BCUT2D eigenvalue weighted by atomic mass is 16.6. The molecule has 0 fully saturated rings. The maximum atomic E-state index is 11.0. The van der Waals surface area contributed by atoms with Crippen LogP contribution in [0.3, 0.4) is 0 Å². The van der Waals surface area contributed by atoms with Gasteiger partial charge < -0.3 is 10.6 Å². The van der Waals surface area contributed by atoms with Crippen LogP contribution in [0.4, 0.5) is 23.1 Å². The Morgan fingerprint density at radius 1 is 1.30 bits per heavy atom. The second-order valence-corrected chi connectivity index (χ2v) is 4.21. The van der Waals surface area contributed by atoms with Gasteiger partial charge in [0.2, 0.25) is 11.8 Å².